The maximum absolute atomic E-state index is 3.67. The van der Waals surface area contributed by atoms with E-state index in [1.54, 1.807) is 0 Å². The van der Waals surface area contributed by atoms with E-state index >= 15 is 0 Å². The quantitative estimate of drug-likeness (QED) is 0.752. The highest BCUT2D eigenvalue weighted by molar-refractivity contribution is 4.93. The Morgan fingerprint density at radius 2 is 1.93 bits per heavy atom. The highest BCUT2D eigenvalue weighted by atomic mass is 15.2. The SMILES string of the molecule is CC1(C)CCCN(CC2(C)CCCN2)C1. The van der Waals surface area contributed by atoms with Crippen LogP contribution in [0.5, 0.6) is 0 Å². The van der Waals surface area contributed by atoms with Crippen molar-refractivity contribution >= 4 is 0 Å². The van der Waals surface area contributed by atoms with Gasteiger partial charge in [-0.25, -0.2) is 0 Å². The fourth-order valence-corrected chi connectivity index (χ4v) is 3.27. The summed E-state index contributed by atoms with van der Waals surface area (Å²) in [5, 5.41) is 3.67. The summed E-state index contributed by atoms with van der Waals surface area (Å²) in [6, 6.07) is 0. The Kier molecular flexibility index (Phi) is 3.09. The number of hydrogen-bond acceptors (Lipinski definition) is 2. The molecule has 1 N–H and O–H groups in total. The Morgan fingerprint density at radius 1 is 1.13 bits per heavy atom. The highest BCUT2D eigenvalue weighted by Crippen LogP contribution is 2.30. The third kappa shape index (κ3) is 2.94. The molecule has 15 heavy (non-hydrogen) atoms. The van der Waals surface area contributed by atoms with E-state index < -0.39 is 0 Å². The van der Waals surface area contributed by atoms with Crippen molar-refractivity contribution in [2.24, 2.45) is 5.41 Å². The molecule has 2 heterocycles. The van der Waals surface area contributed by atoms with Crippen molar-refractivity contribution in [1.29, 1.82) is 0 Å². The summed E-state index contributed by atoms with van der Waals surface area (Å²) in [7, 11) is 0. The first-order valence-electron chi connectivity index (χ1n) is 6.47. The molecular formula is C13H26N2. The van der Waals surface area contributed by atoms with Crippen LogP contribution in [0.4, 0.5) is 0 Å². The number of nitrogens with zero attached hydrogens (tertiary/aromatic N) is 1. The molecule has 0 amide bonds. The minimum atomic E-state index is 0.396. The second kappa shape index (κ2) is 4.06. The zero-order chi connectivity index (χ0) is 10.9. The van der Waals surface area contributed by atoms with E-state index in [0.717, 1.165) is 0 Å². The van der Waals surface area contributed by atoms with Crippen molar-refractivity contribution in [3.63, 3.8) is 0 Å². The predicted molar refractivity (Wildman–Crippen MR) is 65.1 cm³/mol. The molecule has 1 atom stereocenters. The van der Waals surface area contributed by atoms with Gasteiger partial charge in [-0.2, -0.15) is 0 Å². The maximum Gasteiger partial charge on any atom is 0.0280 e. The topological polar surface area (TPSA) is 15.3 Å². The molecule has 2 nitrogen and oxygen atoms in total. The maximum atomic E-state index is 3.67. The predicted octanol–water partition coefficient (Wildman–Crippen LogP) is 2.25. The van der Waals surface area contributed by atoms with Crippen molar-refractivity contribution in [3.8, 4) is 0 Å². The van der Waals surface area contributed by atoms with Crippen LogP contribution in [0.25, 0.3) is 0 Å². The summed E-state index contributed by atoms with van der Waals surface area (Å²) in [5.74, 6) is 0. The first kappa shape index (κ1) is 11.4. The third-order valence-corrected chi connectivity index (χ3v) is 4.01. The van der Waals surface area contributed by atoms with Gasteiger partial charge in [-0.15, -0.1) is 0 Å². The van der Waals surface area contributed by atoms with Crippen LogP contribution in [0.15, 0.2) is 0 Å². The largest absolute Gasteiger partial charge is 0.310 e. The number of rotatable bonds is 2. The number of hydrogen-bond donors (Lipinski definition) is 1. The van der Waals surface area contributed by atoms with Crippen LogP contribution in [-0.2, 0) is 0 Å². The molecule has 0 aromatic carbocycles. The van der Waals surface area contributed by atoms with Crippen LogP contribution in [0, 0.1) is 5.41 Å². The molecular weight excluding hydrogens is 184 g/mol. The van der Waals surface area contributed by atoms with Crippen LogP contribution < -0.4 is 5.32 Å². The molecule has 2 saturated heterocycles. The van der Waals surface area contributed by atoms with Gasteiger partial charge in [0.25, 0.3) is 0 Å². The van der Waals surface area contributed by atoms with Gasteiger partial charge >= 0.3 is 0 Å². The first-order valence-corrected chi connectivity index (χ1v) is 6.47. The van der Waals surface area contributed by atoms with E-state index in [4.69, 9.17) is 0 Å². The summed E-state index contributed by atoms with van der Waals surface area (Å²) in [6.45, 7) is 12.3. The molecule has 2 fully saturated rings. The molecule has 0 aromatic rings. The summed E-state index contributed by atoms with van der Waals surface area (Å²) in [6.07, 6.45) is 5.48. The summed E-state index contributed by atoms with van der Waals surface area (Å²) in [5.41, 5.74) is 0.931. The highest BCUT2D eigenvalue weighted by Gasteiger charge is 2.33. The van der Waals surface area contributed by atoms with E-state index in [-0.39, 0.29) is 0 Å². The minimum absolute atomic E-state index is 0.396. The molecule has 0 spiro atoms. The van der Waals surface area contributed by atoms with Gasteiger partial charge in [0.05, 0.1) is 0 Å². The van der Waals surface area contributed by atoms with Crippen molar-refractivity contribution in [2.45, 2.75) is 52.0 Å². The van der Waals surface area contributed by atoms with Gasteiger partial charge in [0.1, 0.15) is 0 Å². The molecule has 0 bridgehead atoms. The van der Waals surface area contributed by atoms with Crippen LogP contribution in [0.2, 0.25) is 0 Å². The van der Waals surface area contributed by atoms with Gasteiger partial charge in [0.2, 0.25) is 0 Å². The normalized spacial score (nSPS) is 37.0. The van der Waals surface area contributed by atoms with Gasteiger partial charge < -0.3 is 10.2 Å². The van der Waals surface area contributed by atoms with Crippen LogP contribution in [-0.4, -0.2) is 36.6 Å². The van der Waals surface area contributed by atoms with Crippen molar-refractivity contribution in [1.82, 2.24) is 10.2 Å². The first-order chi connectivity index (χ1) is 6.99. The Balaban J connectivity index is 1.88. The van der Waals surface area contributed by atoms with Crippen LogP contribution >= 0.6 is 0 Å². The molecule has 0 radical (unpaired) electrons. The Labute approximate surface area is 94.4 Å². The summed E-state index contributed by atoms with van der Waals surface area (Å²) in [4.78, 5) is 2.67. The Morgan fingerprint density at radius 3 is 2.53 bits per heavy atom. The van der Waals surface area contributed by atoms with E-state index in [0.29, 0.717) is 11.0 Å². The molecule has 2 aliphatic rings. The van der Waals surface area contributed by atoms with Crippen molar-refractivity contribution < 1.29 is 0 Å². The monoisotopic (exact) mass is 210 g/mol. The fourth-order valence-electron chi connectivity index (χ4n) is 3.27. The van der Waals surface area contributed by atoms with Crippen LogP contribution in [0.3, 0.4) is 0 Å². The average molecular weight is 210 g/mol. The lowest BCUT2D eigenvalue weighted by Crippen LogP contribution is -2.51. The zero-order valence-corrected chi connectivity index (χ0v) is 10.6. The minimum Gasteiger partial charge on any atom is -0.310 e. The molecule has 88 valence electrons. The fraction of sp³-hybridized carbons (Fsp3) is 1.00. The molecule has 0 saturated carbocycles. The lowest BCUT2D eigenvalue weighted by Gasteiger charge is -2.41. The summed E-state index contributed by atoms with van der Waals surface area (Å²) < 4.78 is 0. The molecule has 2 heteroatoms. The second-order valence-electron chi connectivity index (χ2n) is 6.57. The lowest BCUT2D eigenvalue weighted by atomic mass is 9.83. The number of piperidine rings is 1. The molecule has 2 rings (SSSR count). The standard InChI is InChI=1S/C13H26N2/c1-12(2)6-5-9-15(10-12)11-13(3)7-4-8-14-13/h14H,4-11H2,1-3H3. The molecule has 0 aliphatic carbocycles. The third-order valence-electron chi connectivity index (χ3n) is 4.01. The summed E-state index contributed by atoms with van der Waals surface area (Å²) >= 11 is 0. The Bertz CT molecular complexity index is 217. The van der Waals surface area contributed by atoms with Crippen molar-refractivity contribution in [3.05, 3.63) is 0 Å². The zero-order valence-electron chi connectivity index (χ0n) is 10.6. The van der Waals surface area contributed by atoms with Gasteiger partial charge in [0.15, 0.2) is 0 Å². The van der Waals surface area contributed by atoms with E-state index in [1.807, 2.05) is 0 Å². The van der Waals surface area contributed by atoms with Gasteiger partial charge in [-0.1, -0.05) is 13.8 Å². The van der Waals surface area contributed by atoms with E-state index in [9.17, 15) is 0 Å². The van der Waals surface area contributed by atoms with E-state index in [2.05, 4.69) is 31.0 Å². The number of likely N-dealkylation sites (tertiary alicyclic amines) is 1. The smallest absolute Gasteiger partial charge is 0.0280 e. The molecule has 2 aliphatic heterocycles. The molecule has 1 unspecified atom stereocenters. The Hall–Kier alpha value is -0.0800. The van der Waals surface area contributed by atoms with Gasteiger partial charge in [-0.05, 0) is 51.1 Å². The van der Waals surface area contributed by atoms with Gasteiger partial charge in [0, 0.05) is 18.6 Å². The lowest BCUT2D eigenvalue weighted by molar-refractivity contribution is 0.0930. The van der Waals surface area contributed by atoms with Crippen molar-refractivity contribution in [2.75, 3.05) is 26.2 Å². The average Bonchev–Trinajstić information content (AvgIpc) is 2.49. The second-order valence-corrected chi connectivity index (χ2v) is 6.57. The van der Waals surface area contributed by atoms with Gasteiger partial charge in [-0.3, -0.25) is 0 Å². The number of nitrogens with one attached hydrogen (secondary N) is 1. The van der Waals surface area contributed by atoms with E-state index in [1.165, 1.54) is 51.9 Å². The van der Waals surface area contributed by atoms with Crippen LogP contribution in [0.1, 0.15) is 46.5 Å². The molecule has 0 aromatic heterocycles.